The minimum Gasteiger partial charge on any atom is -0.497 e. The summed E-state index contributed by atoms with van der Waals surface area (Å²) in [6.45, 7) is 1.00. The van der Waals surface area contributed by atoms with Crippen LogP contribution in [-0.2, 0) is 14.9 Å². The Labute approximate surface area is 150 Å². The van der Waals surface area contributed by atoms with Crippen LogP contribution >= 0.6 is 12.4 Å². The molecule has 1 aliphatic rings. The minimum atomic E-state index is -0.216. The third-order valence-electron chi connectivity index (χ3n) is 4.88. The number of nitrogens with one attached hydrogen (secondary N) is 1. The molecule has 1 amide bonds. The number of hydrogen-bond donors (Lipinski definition) is 2. The Kier molecular flexibility index (Phi) is 8.53. The zero-order valence-corrected chi connectivity index (χ0v) is 15.4. The topological polar surface area (TPSA) is 73.6 Å². The van der Waals surface area contributed by atoms with E-state index in [2.05, 4.69) is 17.4 Å². The number of halogens is 1. The first-order valence-electron chi connectivity index (χ1n) is 8.27. The number of hydrogen-bond acceptors (Lipinski definition) is 4. The summed E-state index contributed by atoms with van der Waals surface area (Å²) in [5.41, 5.74) is 6.84. The van der Waals surface area contributed by atoms with Crippen molar-refractivity contribution >= 4 is 18.3 Å². The molecule has 2 rings (SSSR count). The van der Waals surface area contributed by atoms with Crippen LogP contribution in [0, 0.1) is 0 Å². The van der Waals surface area contributed by atoms with Crippen molar-refractivity contribution in [3.8, 4) is 5.75 Å². The lowest BCUT2D eigenvalue weighted by Crippen LogP contribution is -2.41. The van der Waals surface area contributed by atoms with E-state index in [-0.39, 0.29) is 29.8 Å². The van der Waals surface area contributed by atoms with Crippen molar-refractivity contribution < 1.29 is 14.3 Å². The van der Waals surface area contributed by atoms with Crippen molar-refractivity contribution in [1.29, 1.82) is 0 Å². The number of carbonyl (C=O) groups excluding carboxylic acids is 1. The maximum Gasteiger partial charge on any atom is 0.222 e. The number of methoxy groups -OCH3 is 2. The Morgan fingerprint density at radius 1 is 1.33 bits per heavy atom. The van der Waals surface area contributed by atoms with Crippen LogP contribution in [0.25, 0.3) is 0 Å². The van der Waals surface area contributed by atoms with Crippen LogP contribution in [0.2, 0.25) is 0 Å². The summed E-state index contributed by atoms with van der Waals surface area (Å²) in [4.78, 5) is 12.2. The smallest absolute Gasteiger partial charge is 0.222 e. The lowest BCUT2D eigenvalue weighted by atomic mass is 9.78. The molecule has 1 fully saturated rings. The van der Waals surface area contributed by atoms with E-state index in [1.165, 1.54) is 18.4 Å². The van der Waals surface area contributed by atoms with Crippen molar-refractivity contribution in [3.05, 3.63) is 29.8 Å². The van der Waals surface area contributed by atoms with E-state index in [0.29, 0.717) is 19.5 Å². The van der Waals surface area contributed by atoms with Gasteiger partial charge in [0.1, 0.15) is 5.75 Å². The monoisotopic (exact) mass is 356 g/mol. The largest absolute Gasteiger partial charge is 0.497 e. The van der Waals surface area contributed by atoms with Crippen molar-refractivity contribution in [2.45, 2.75) is 43.6 Å². The van der Waals surface area contributed by atoms with Gasteiger partial charge in [0.2, 0.25) is 5.91 Å². The molecule has 136 valence electrons. The van der Waals surface area contributed by atoms with Crippen molar-refractivity contribution in [1.82, 2.24) is 5.32 Å². The van der Waals surface area contributed by atoms with Gasteiger partial charge in [0.25, 0.3) is 0 Å². The van der Waals surface area contributed by atoms with Gasteiger partial charge in [-0.3, -0.25) is 4.79 Å². The molecule has 0 saturated heterocycles. The second-order valence-corrected chi connectivity index (χ2v) is 6.29. The van der Waals surface area contributed by atoms with Gasteiger partial charge in [-0.05, 0) is 30.5 Å². The SMILES string of the molecule is COc1cccc(C2(CNC(=O)CC(CN)OC)CCCC2)c1.Cl. The van der Waals surface area contributed by atoms with Crippen LogP contribution in [0.5, 0.6) is 5.75 Å². The maximum atomic E-state index is 12.2. The predicted octanol–water partition coefficient (Wildman–Crippen LogP) is 2.41. The highest BCUT2D eigenvalue weighted by molar-refractivity contribution is 5.85. The molecule has 5 nitrogen and oxygen atoms in total. The zero-order chi connectivity index (χ0) is 16.7. The fourth-order valence-corrected chi connectivity index (χ4v) is 3.38. The number of nitrogens with two attached hydrogens (primary N) is 1. The van der Waals surface area contributed by atoms with Crippen LogP contribution in [0.4, 0.5) is 0 Å². The summed E-state index contributed by atoms with van der Waals surface area (Å²) in [5.74, 6) is 0.860. The fourth-order valence-electron chi connectivity index (χ4n) is 3.38. The number of rotatable bonds is 8. The van der Waals surface area contributed by atoms with Crippen LogP contribution in [0.15, 0.2) is 24.3 Å². The van der Waals surface area contributed by atoms with Gasteiger partial charge in [-0.2, -0.15) is 0 Å². The Hall–Kier alpha value is -1.30. The molecule has 0 bridgehead atoms. The van der Waals surface area contributed by atoms with Crippen molar-refractivity contribution in [3.63, 3.8) is 0 Å². The Balaban J connectivity index is 0.00000288. The van der Waals surface area contributed by atoms with E-state index in [4.69, 9.17) is 15.2 Å². The standard InChI is InChI=1S/C18H28N2O3.ClH/c1-22-15-7-5-6-14(10-15)18(8-3-4-9-18)13-20-17(21)11-16(12-19)23-2;/h5-7,10,16H,3-4,8-9,11-13,19H2,1-2H3,(H,20,21);1H. The summed E-state index contributed by atoms with van der Waals surface area (Å²) < 4.78 is 10.5. The first-order chi connectivity index (χ1) is 11.1. The summed E-state index contributed by atoms with van der Waals surface area (Å²) in [6.07, 6.45) is 4.65. The molecule has 1 aromatic carbocycles. The average molecular weight is 357 g/mol. The minimum absolute atomic E-state index is 0. The molecule has 1 aromatic rings. The van der Waals surface area contributed by atoms with Gasteiger partial charge in [-0.1, -0.05) is 25.0 Å². The maximum absolute atomic E-state index is 12.2. The lowest BCUT2D eigenvalue weighted by Gasteiger charge is -2.30. The Morgan fingerprint density at radius 3 is 2.62 bits per heavy atom. The van der Waals surface area contributed by atoms with Crippen LogP contribution in [0.3, 0.4) is 0 Å². The van der Waals surface area contributed by atoms with Gasteiger partial charge in [-0.15, -0.1) is 12.4 Å². The van der Waals surface area contributed by atoms with Gasteiger partial charge >= 0.3 is 0 Å². The third kappa shape index (κ3) is 5.10. The third-order valence-corrected chi connectivity index (χ3v) is 4.88. The molecule has 0 spiro atoms. The molecule has 0 aliphatic heterocycles. The lowest BCUT2D eigenvalue weighted by molar-refractivity contribution is -0.123. The number of carbonyl (C=O) groups is 1. The normalized spacial score (nSPS) is 17.0. The molecule has 1 saturated carbocycles. The molecule has 1 aliphatic carbocycles. The highest BCUT2D eigenvalue weighted by Gasteiger charge is 2.36. The molecule has 6 heteroatoms. The van der Waals surface area contributed by atoms with Gasteiger partial charge in [-0.25, -0.2) is 0 Å². The zero-order valence-electron chi connectivity index (χ0n) is 14.5. The van der Waals surface area contributed by atoms with E-state index >= 15 is 0 Å². The van der Waals surface area contributed by atoms with Gasteiger partial charge in [0.05, 0.1) is 19.6 Å². The Bertz CT molecular complexity index is 515. The Morgan fingerprint density at radius 2 is 2.04 bits per heavy atom. The van der Waals surface area contributed by atoms with E-state index in [0.717, 1.165) is 18.6 Å². The molecule has 3 N–H and O–H groups in total. The molecule has 0 aromatic heterocycles. The van der Waals surface area contributed by atoms with Crippen LogP contribution in [0.1, 0.15) is 37.7 Å². The van der Waals surface area contributed by atoms with E-state index < -0.39 is 0 Å². The number of benzene rings is 1. The number of amides is 1. The number of ether oxygens (including phenoxy) is 2. The van der Waals surface area contributed by atoms with Gasteiger partial charge in [0.15, 0.2) is 0 Å². The molecular formula is C18H29ClN2O3. The fraction of sp³-hybridized carbons (Fsp3) is 0.611. The second kappa shape index (κ2) is 9.87. The van der Waals surface area contributed by atoms with Crippen LogP contribution < -0.4 is 15.8 Å². The predicted molar refractivity (Wildman–Crippen MR) is 97.9 cm³/mol. The molecule has 0 heterocycles. The van der Waals surface area contributed by atoms with E-state index in [9.17, 15) is 4.79 Å². The van der Waals surface area contributed by atoms with E-state index in [1.807, 2.05) is 12.1 Å². The van der Waals surface area contributed by atoms with E-state index in [1.54, 1.807) is 14.2 Å². The molecule has 1 atom stereocenters. The molecule has 24 heavy (non-hydrogen) atoms. The average Bonchev–Trinajstić information content (AvgIpc) is 3.08. The van der Waals surface area contributed by atoms with Crippen molar-refractivity contribution in [2.75, 3.05) is 27.3 Å². The van der Waals surface area contributed by atoms with Crippen LogP contribution in [-0.4, -0.2) is 39.3 Å². The van der Waals surface area contributed by atoms with Gasteiger partial charge < -0.3 is 20.5 Å². The first kappa shape index (κ1) is 20.7. The quantitative estimate of drug-likeness (QED) is 0.750. The molecular weight excluding hydrogens is 328 g/mol. The van der Waals surface area contributed by atoms with Gasteiger partial charge in [0, 0.05) is 25.6 Å². The highest BCUT2D eigenvalue weighted by Crippen LogP contribution is 2.41. The highest BCUT2D eigenvalue weighted by atomic mass is 35.5. The van der Waals surface area contributed by atoms with Crippen molar-refractivity contribution in [2.24, 2.45) is 5.73 Å². The summed E-state index contributed by atoms with van der Waals surface area (Å²) in [6, 6.07) is 8.20. The first-order valence-corrected chi connectivity index (χ1v) is 8.27. The summed E-state index contributed by atoms with van der Waals surface area (Å²) in [5, 5.41) is 3.09. The second-order valence-electron chi connectivity index (χ2n) is 6.29. The summed E-state index contributed by atoms with van der Waals surface area (Å²) >= 11 is 0. The molecule has 0 radical (unpaired) electrons. The molecule has 1 unspecified atom stereocenters. The summed E-state index contributed by atoms with van der Waals surface area (Å²) in [7, 11) is 3.26.